The van der Waals surface area contributed by atoms with Gasteiger partial charge in [0, 0.05) is 30.7 Å². The van der Waals surface area contributed by atoms with Crippen LogP contribution in [0.5, 0.6) is 0 Å². The minimum absolute atomic E-state index is 0.0156. The first kappa shape index (κ1) is 15.2. The molecule has 1 fully saturated rings. The van der Waals surface area contributed by atoms with Gasteiger partial charge in [-0.05, 0) is 19.3 Å². The number of carbonyl (C=O) groups is 1. The number of hydrogen-bond donors (Lipinski definition) is 3. The molecular weight excluding hydrogens is 230 g/mol. The van der Waals surface area contributed by atoms with Gasteiger partial charge in [-0.15, -0.1) is 0 Å². The second-order valence-electron chi connectivity index (χ2n) is 5.24. The summed E-state index contributed by atoms with van der Waals surface area (Å²) in [5.41, 5.74) is 0.464. The van der Waals surface area contributed by atoms with Crippen molar-refractivity contribution in [3.63, 3.8) is 0 Å². The summed E-state index contributed by atoms with van der Waals surface area (Å²) < 4.78 is 0. The first-order chi connectivity index (χ1) is 8.63. The van der Waals surface area contributed by atoms with Gasteiger partial charge in [-0.3, -0.25) is 0 Å². The lowest BCUT2D eigenvalue weighted by molar-refractivity contribution is -0.132. The monoisotopic (exact) mass is 255 g/mol. The highest BCUT2D eigenvalue weighted by Crippen LogP contribution is 2.35. The summed E-state index contributed by atoms with van der Waals surface area (Å²) in [7, 11) is 0. The fourth-order valence-corrected chi connectivity index (χ4v) is 2.61. The molecule has 4 heteroatoms. The maximum atomic E-state index is 10.8. The van der Waals surface area contributed by atoms with E-state index in [0.29, 0.717) is 18.5 Å². The Kier molecular flexibility index (Phi) is 6.36. The zero-order chi connectivity index (χ0) is 13.4. The molecule has 0 unspecified atom stereocenters. The molecule has 0 saturated heterocycles. The molecule has 1 aliphatic carbocycles. The van der Waals surface area contributed by atoms with Gasteiger partial charge in [0.2, 0.25) is 0 Å². The molecule has 0 aromatic heterocycles. The summed E-state index contributed by atoms with van der Waals surface area (Å²) in [4.78, 5) is 10.8. The van der Waals surface area contributed by atoms with Crippen LogP contribution in [0.25, 0.3) is 0 Å². The Morgan fingerprint density at radius 3 is 2.50 bits per heavy atom. The number of rotatable bonds is 7. The largest absolute Gasteiger partial charge is 0.478 e. The highest BCUT2D eigenvalue weighted by molar-refractivity contribution is 5.86. The van der Waals surface area contributed by atoms with Crippen molar-refractivity contribution in [2.75, 3.05) is 19.7 Å². The third-order valence-corrected chi connectivity index (χ3v) is 3.90. The van der Waals surface area contributed by atoms with Gasteiger partial charge in [0.1, 0.15) is 0 Å². The Morgan fingerprint density at radius 2 is 2.00 bits per heavy atom. The van der Waals surface area contributed by atoms with Crippen molar-refractivity contribution in [2.24, 2.45) is 5.41 Å². The van der Waals surface area contributed by atoms with Crippen LogP contribution < -0.4 is 5.32 Å². The lowest BCUT2D eigenvalue weighted by atomic mass is 9.74. The summed E-state index contributed by atoms with van der Waals surface area (Å²) in [6.07, 6.45) is 8.05. The first-order valence-electron chi connectivity index (χ1n) is 6.87. The smallest absolute Gasteiger partial charge is 0.331 e. The van der Waals surface area contributed by atoms with Gasteiger partial charge in [-0.25, -0.2) is 4.79 Å². The predicted octanol–water partition coefficient (Wildman–Crippen LogP) is 1.94. The Hall–Kier alpha value is -0.870. The Morgan fingerprint density at radius 1 is 1.33 bits per heavy atom. The summed E-state index contributed by atoms with van der Waals surface area (Å²) >= 11 is 0. The van der Waals surface area contributed by atoms with Gasteiger partial charge in [-0.2, -0.15) is 0 Å². The molecule has 0 amide bonds. The predicted molar refractivity (Wildman–Crippen MR) is 71.5 cm³/mol. The number of carboxylic acid groups (broad SMARTS) is 1. The molecule has 1 aliphatic rings. The van der Waals surface area contributed by atoms with Crippen LogP contribution in [0, 0.1) is 5.41 Å². The lowest BCUT2D eigenvalue weighted by Crippen LogP contribution is -2.39. The van der Waals surface area contributed by atoms with Crippen LogP contribution in [-0.2, 0) is 4.79 Å². The van der Waals surface area contributed by atoms with Crippen LogP contribution in [0.4, 0.5) is 0 Å². The van der Waals surface area contributed by atoms with Crippen molar-refractivity contribution in [1.82, 2.24) is 5.32 Å². The van der Waals surface area contributed by atoms with Gasteiger partial charge in [0.25, 0.3) is 0 Å². The molecule has 0 bridgehead atoms. The molecule has 1 saturated carbocycles. The second kappa shape index (κ2) is 7.54. The van der Waals surface area contributed by atoms with E-state index in [9.17, 15) is 9.90 Å². The van der Waals surface area contributed by atoms with Crippen LogP contribution in [0.15, 0.2) is 11.6 Å². The number of hydrogen-bond acceptors (Lipinski definition) is 3. The van der Waals surface area contributed by atoms with Crippen molar-refractivity contribution in [1.29, 1.82) is 0 Å². The van der Waals surface area contributed by atoms with Crippen LogP contribution in [0.3, 0.4) is 0 Å². The Balaban J connectivity index is 2.37. The van der Waals surface area contributed by atoms with E-state index in [2.05, 4.69) is 5.32 Å². The van der Waals surface area contributed by atoms with E-state index in [1.54, 1.807) is 6.08 Å². The maximum Gasteiger partial charge on any atom is 0.331 e. The molecule has 0 heterocycles. The summed E-state index contributed by atoms with van der Waals surface area (Å²) in [6.45, 7) is 3.41. The Bertz CT molecular complexity index is 293. The van der Waals surface area contributed by atoms with Crippen LogP contribution in [0.2, 0.25) is 0 Å². The highest BCUT2D eigenvalue weighted by Gasteiger charge is 2.30. The molecular formula is C14H25NO3. The van der Waals surface area contributed by atoms with Gasteiger partial charge < -0.3 is 15.5 Å². The quantitative estimate of drug-likeness (QED) is 0.480. The molecule has 0 atom stereocenters. The number of carboxylic acids is 1. The summed E-state index contributed by atoms with van der Waals surface area (Å²) in [6, 6.07) is 0. The minimum atomic E-state index is -0.839. The van der Waals surface area contributed by atoms with Crippen LogP contribution in [-0.4, -0.2) is 35.9 Å². The van der Waals surface area contributed by atoms with Crippen LogP contribution in [0.1, 0.15) is 45.4 Å². The van der Waals surface area contributed by atoms with Crippen molar-refractivity contribution < 1.29 is 15.0 Å². The average Bonchev–Trinajstić information content (AvgIpc) is 2.39. The van der Waals surface area contributed by atoms with Crippen molar-refractivity contribution in [3.8, 4) is 0 Å². The molecule has 0 spiro atoms. The third-order valence-electron chi connectivity index (χ3n) is 3.90. The lowest BCUT2D eigenvalue weighted by Gasteiger charge is -2.35. The SMILES string of the molecule is CCC(=CCNCC1(CO)CCCCC1)C(=O)O. The molecule has 4 nitrogen and oxygen atoms in total. The first-order valence-corrected chi connectivity index (χ1v) is 6.87. The fraction of sp³-hybridized carbons (Fsp3) is 0.786. The number of aliphatic carboxylic acids is 1. The molecule has 18 heavy (non-hydrogen) atoms. The molecule has 3 N–H and O–H groups in total. The van der Waals surface area contributed by atoms with E-state index in [-0.39, 0.29) is 12.0 Å². The van der Waals surface area contributed by atoms with E-state index < -0.39 is 5.97 Å². The van der Waals surface area contributed by atoms with E-state index >= 15 is 0 Å². The van der Waals surface area contributed by atoms with Crippen LogP contribution >= 0.6 is 0 Å². The fourth-order valence-electron chi connectivity index (χ4n) is 2.61. The number of nitrogens with one attached hydrogen (secondary N) is 1. The maximum absolute atomic E-state index is 10.8. The highest BCUT2D eigenvalue weighted by atomic mass is 16.4. The molecule has 1 rings (SSSR count). The summed E-state index contributed by atoms with van der Waals surface area (Å²) in [5.74, 6) is -0.839. The van der Waals surface area contributed by atoms with Crippen molar-refractivity contribution in [2.45, 2.75) is 45.4 Å². The van der Waals surface area contributed by atoms with E-state index in [1.165, 1.54) is 19.3 Å². The van der Waals surface area contributed by atoms with E-state index in [1.807, 2.05) is 6.92 Å². The zero-order valence-electron chi connectivity index (χ0n) is 11.2. The zero-order valence-corrected chi connectivity index (χ0v) is 11.2. The van der Waals surface area contributed by atoms with Gasteiger partial charge in [0.15, 0.2) is 0 Å². The number of aliphatic hydroxyl groups is 1. The van der Waals surface area contributed by atoms with Crippen molar-refractivity contribution >= 4 is 5.97 Å². The molecule has 0 radical (unpaired) electrons. The van der Waals surface area contributed by atoms with Gasteiger partial charge >= 0.3 is 5.97 Å². The second-order valence-corrected chi connectivity index (χ2v) is 5.24. The normalized spacial score (nSPS) is 19.8. The number of aliphatic hydroxyl groups excluding tert-OH is 1. The van der Waals surface area contributed by atoms with Gasteiger partial charge in [0.05, 0.1) is 0 Å². The average molecular weight is 255 g/mol. The molecule has 0 aliphatic heterocycles. The molecule has 0 aromatic carbocycles. The van der Waals surface area contributed by atoms with Gasteiger partial charge in [-0.1, -0.05) is 32.3 Å². The minimum Gasteiger partial charge on any atom is -0.478 e. The summed E-state index contributed by atoms with van der Waals surface area (Å²) in [5, 5.41) is 21.7. The topological polar surface area (TPSA) is 69.6 Å². The van der Waals surface area contributed by atoms with E-state index in [0.717, 1.165) is 19.4 Å². The van der Waals surface area contributed by atoms with Crippen molar-refractivity contribution in [3.05, 3.63) is 11.6 Å². The third kappa shape index (κ3) is 4.42. The molecule has 104 valence electrons. The Labute approximate surface area is 109 Å². The van der Waals surface area contributed by atoms with E-state index in [4.69, 9.17) is 5.11 Å². The molecule has 0 aromatic rings. The standard InChI is InChI=1S/C14H25NO3/c1-2-12(13(17)18)6-9-15-10-14(11-16)7-4-3-5-8-14/h6,15-16H,2-5,7-11H2,1H3,(H,17,18).